The van der Waals surface area contributed by atoms with Crippen molar-refractivity contribution in [1.82, 2.24) is 24.8 Å². The van der Waals surface area contributed by atoms with Crippen LogP contribution in [0.5, 0.6) is 0 Å². The molecule has 22 heavy (non-hydrogen) atoms. The normalized spacial score (nSPS) is 18.8. The Morgan fingerprint density at radius 3 is 3.00 bits per heavy atom. The Hall–Kier alpha value is -2.47. The molecule has 2 aromatic heterocycles. The van der Waals surface area contributed by atoms with Crippen molar-refractivity contribution in [2.45, 2.75) is 19.0 Å². The quantitative estimate of drug-likeness (QED) is 0.770. The number of imidazole rings is 1. The third kappa shape index (κ3) is 2.65. The molecular weight excluding hydrogens is 276 g/mol. The van der Waals surface area contributed by atoms with E-state index >= 15 is 0 Å². The number of anilines is 1. The number of aromatic nitrogens is 4. The Labute approximate surface area is 128 Å². The summed E-state index contributed by atoms with van der Waals surface area (Å²) in [5.41, 5.74) is 2.95. The minimum Gasteiger partial charge on any atom is -0.364 e. The van der Waals surface area contributed by atoms with Gasteiger partial charge in [0.1, 0.15) is 11.8 Å². The van der Waals surface area contributed by atoms with E-state index in [0.717, 1.165) is 37.4 Å². The van der Waals surface area contributed by atoms with Gasteiger partial charge in [0, 0.05) is 25.7 Å². The first kappa shape index (κ1) is 13.2. The first-order chi connectivity index (χ1) is 10.9. The maximum Gasteiger partial charge on any atom is 0.182 e. The number of benzene rings is 1. The number of hydrogen-bond acceptors (Lipinski definition) is 5. The number of rotatable bonds is 4. The lowest BCUT2D eigenvalue weighted by Gasteiger charge is -2.17. The number of fused-ring (bicyclic) bond motifs is 1. The predicted octanol–water partition coefficient (Wildman–Crippen LogP) is 2.04. The summed E-state index contributed by atoms with van der Waals surface area (Å²) in [7, 11) is 0. The van der Waals surface area contributed by atoms with Crippen LogP contribution in [0.4, 0.5) is 5.82 Å². The molecule has 1 unspecified atom stereocenters. The SMILES string of the molecule is c1ccc(CN2CCC(Nc3ncnc4nc[nH]c34)C2)cc1. The van der Waals surface area contributed by atoms with Crippen molar-refractivity contribution >= 4 is 17.0 Å². The number of hydrogen-bond donors (Lipinski definition) is 2. The fraction of sp³-hybridized carbons (Fsp3) is 0.312. The Balaban J connectivity index is 1.42. The van der Waals surface area contributed by atoms with Gasteiger partial charge in [-0.2, -0.15) is 0 Å². The van der Waals surface area contributed by atoms with Gasteiger partial charge in [0.25, 0.3) is 0 Å². The second-order valence-corrected chi connectivity index (χ2v) is 5.67. The summed E-state index contributed by atoms with van der Waals surface area (Å²) in [6.07, 6.45) is 4.33. The molecule has 1 saturated heterocycles. The van der Waals surface area contributed by atoms with E-state index in [1.54, 1.807) is 12.7 Å². The molecule has 0 saturated carbocycles. The monoisotopic (exact) mass is 294 g/mol. The molecule has 3 aromatic rings. The number of likely N-dealkylation sites (tertiary alicyclic amines) is 1. The number of aromatic amines is 1. The van der Waals surface area contributed by atoms with E-state index < -0.39 is 0 Å². The van der Waals surface area contributed by atoms with Crippen LogP contribution in [-0.4, -0.2) is 44.0 Å². The van der Waals surface area contributed by atoms with E-state index in [9.17, 15) is 0 Å². The predicted molar refractivity (Wildman–Crippen MR) is 85.4 cm³/mol. The molecule has 4 rings (SSSR count). The molecule has 0 radical (unpaired) electrons. The van der Waals surface area contributed by atoms with E-state index in [4.69, 9.17) is 0 Å². The minimum atomic E-state index is 0.408. The van der Waals surface area contributed by atoms with Gasteiger partial charge >= 0.3 is 0 Å². The van der Waals surface area contributed by atoms with Crippen LogP contribution < -0.4 is 5.32 Å². The van der Waals surface area contributed by atoms with Crippen LogP contribution in [0.2, 0.25) is 0 Å². The van der Waals surface area contributed by atoms with Crippen LogP contribution in [0, 0.1) is 0 Å². The first-order valence-corrected chi connectivity index (χ1v) is 7.55. The molecule has 1 aliphatic heterocycles. The van der Waals surface area contributed by atoms with Gasteiger partial charge < -0.3 is 10.3 Å². The van der Waals surface area contributed by atoms with Gasteiger partial charge in [-0.25, -0.2) is 15.0 Å². The van der Waals surface area contributed by atoms with Gasteiger partial charge in [0.15, 0.2) is 11.5 Å². The van der Waals surface area contributed by atoms with Gasteiger partial charge in [0.2, 0.25) is 0 Å². The van der Waals surface area contributed by atoms with Gasteiger partial charge in [-0.15, -0.1) is 0 Å². The highest BCUT2D eigenvalue weighted by Gasteiger charge is 2.23. The van der Waals surface area contributed by atoms with E-state index in [1.807, 2.05) is 0 Å². The van der Waals surface area contributed by atoms with Gasteiger partial charge in [-0.1, -0.05) is 30.3 Å². The van der Waals surface area contributed by atoms with Crippen LogP contribution in [-0.2, 0) is 6.54 Å². The molecule has 1 aromatic carbocycles. The van der Waals surface area contributed by atoms with Crippen molar-refractivity contribution in [3.63, 3.8) is 0 Å². The summed E-state index contributed by atoms with van der Waals surface area (Å²) < 4.78 is 0. The van der Waals surface area contributed by atoms with Crippen LogP contribution in [0.1, 0.15) is 12.0 Å². The fourth-order valence-electron chi connectivity index (χ4n) is 3.00. The zero-order valence-corrected chi connectivity index (χ0v) is 12.2. The molecule has 1 atom stereocenters. The summed E-state index contributed by atoms with van der Waals surface area (Å²) in [4.78, 5) is 18.2. The Morgan fingerprint density at radius 2 is 2.09 bits per heavy atom. The van der Waals surface area contributed by atoms with Gasteiger partial charge in [0.05, 0.1) is 6.33 Å². The third-order valence-corrected chi connectivity index (χ3v) is 4.09. The fourth-order valence-corrected chi connectivity index (χ4v) is 3.00. The molecular formula is C16H18N6. The average Bonchev–Trinajstić information content (AvgIpc) is 3.18. The molecule has 1 aliphatic rings. The summed E-state index contributed by atoms with van der Waals surface area (Å²) in [6.45, 7) is 3.13. The lowest BCUT2D eigenvalue weighted by atomic mass is 10.2. The van der Waals surface area contributed by atoms with Crippen molar-refractivity contribution in [3.8, 4) is 0 Å². The van der Waals surface area contributed by atoms with E-state index in [1.165, 1.54) is 5.56 Å². The lowest BCUT2D eigenvalue weighted by Crippen LogP contribution is -2.26. The summed E-state index contributed by atoms with van der Waals surface area (Å²) in [5.74, 6) is 0.842. The van der Waals surface area contributed by atoms with Crippen molar-refractivity contribution in [2.24, 2.45) is 0 Å². The molecule has 2 N–H and O–H groups in total. The number of nitrogens with one attached hydrogen (secondary N) is 2. The smallest absolute Gasteiger partial charge is 0.182 e. The molecule has 0 aliphatic carbocycles. The highest BCUT2D eigenvalue weighted by Crippen LogP contribution is 2.20. The minimum absolute atomic E-state index is 0.408. The summed E-state index contributed by atoms with van der Waals surface area (Å²) in [5, 5.41) is 3.52. The van der Waals surface area contributed by atoms with Gasteiger partial charge in [-0.05, 0) is 12.0 Å². The molecule has 0 amide bonds. The van der Waals surface area contributed by atoms with Crippen molar-refractivity contribution in [3.05, 3.63) is 48.5 Å². The zero-order chi connectivity index (χ0) is 14.8. The number of H-pyrrole nitrogens is 1. The van der Waals surface area contributed by atoms with Crippen LogP contribution in [0.25, 0.3) is 11.2 Å². The molecule has 0 bridgehead atoms. The summed E-state index contributed by atoms with van der Waals surface area (Å²) in [6, 6.07) is 11.0. The highest BCUT2D eigenvalue weighted by molar-refractivity contribution is 5.82. The zero-order valence-electron chi connectivity index (χ0n) is 12.2. The van der Waals surface area contributed by atoms with E-state index in [2.05, 4.69) is 60.5 Å². The molecule has 0 spiro atoms. The van der Waals surface area contributed by atoms with E-state index in [-0.39, 0.29) is 0 Å². The molecule has 6 heteroatoms. The van der Waals surface area contributed by atoms with Gasteiger partial charge in [-0.3, -0.25) is 4.90 Å². The third-order valence-electron chi connectivity index (χ3n) is 4.09. The molecule has 3 heterocycles. The number of nitrogens with zero attached hydrogens (tertiary/aromatic N) is 4. The second kappa shape index (κ2) is 5.73. The van der Waals surface area contributed by atoms with Crippen LogP contribution in [0.3, 0.4) is 0 Å². The van der Waals surface area contributed by atoms with E-state index in [0.29, 0.717) is 11.7 Å². The molecule has 112 valence electrons. The summed E-state index contributed by atoms with van der Waals surface area (Å²) >= 11 is 0. The van der Waals surface area contributed by atoms with Crippen LogP contribution in [0.15, 0.2) is 43.0 Å². The van der Waals surface area contributed by atoms with Crippen molar-refractivity contribution in [2.75, 3.05) is 18.4 Å². The van der Waals surface area contributed by atoms with Crippen molar-refractivity contribution < 1.29 is 0 Å². The molecule has 1 fully saturated rings. The standard InChI is InChI=1S/C16H18N6/c1-2-4-12(5-3-1)8-22-7-6-13(9-22)21-16-14-15(18-10-17-14)19-11-20-16/h1-5,10-11,13H,6-9H2,(H2,17,18,19,20,21). The van der Waals surface area contributed by atoms with Crippen molar-refractivity contribution in [1.29, 1.82) is 0 Å². The Morgan fingerprint density at radius 1 is 1.18 bits per heavy atom. The Bertz CT molecular complexity index is 753. The maximum absolute atomic E-state index is 4.34. The molecule has 6 nitrogen and oxygen atoms in total. The van der Waals surface area contributed by atoms with Crippen LogP contribution >= 0.6 is 0 Å². The maximum atomic E-state index is 4.34. The highest BCUT2D eigenvalue weighted by atomic mass is 15.2. The largest absolute Gasteiger partial charge is 0.364 e. The second-order valence-electron chi connectivity index (χ2n) is 5.67. The Kier molecular flexibility index (Phi) is 3.44. The first-order valence-electron chi connectivity index (χ1n) is 7.55. The topological polar surface area (TPSA) is 69.7 Å². The average molecular weight is 294 g/mol. The lowest BCUT2D eigenvalue weighted by molar-refractivity contribution is 0.328.